The molecule has 0 aliphatic heterocycles. The van der Waals surface area contributed by atoms with Gasteiger partial charge in [0.2, 0.25) is 0 Å². The summed E-state index contributed by atoms with van der Waals surface area (Å²) in [5.41, 5.74) is 12.5. The zero-order valence-electron chi connectivity index (χ0n) is 26.7. The van der Waals surface area contributed by atoms with E-state index in [1.165, 1.54) is 22.3 Å². The first-order valence-electron chi connectivity index (χ1n) is 15.5. The SMILES string of the molecule is Cc1ccc(N(c2ccc(C)cc2)c2ccc(NC(=O)Nc3ccc(N(c4ccc(C)cc4)c4ccc(C)cc4)cc3)cc2)cc1. The number of carbonyl (C=O) groups is 1. The maximum absolute atomic E-state index is 13.0. The van der Waals surface area contributed by atoms with Crippen LogP contribution in [0, 0.1) is 27.7 Å². The molecule has 6 aromatic carbocycles. The fourth-order valence-corrected chi connectivity index (χ4v) is 5.35. The number of nitrogens with zero attached hydrogens (tertiary/aromatic N) is 2. The van der Waals surface area contributed by atoms with Crippen molar-refractivity contribution in [1.82, 2.24) is 0 Å². The number of anilines is 8. The first-order valence-corrected chi connectivity index (χ1v) is 15.5. The fraction of sp³-hybridized carbons (Fsp3) is 0.0976. The number of benzene rings is 6. The average molecular weight is 603 g/mol. The summed E-state index contributed by atoms with van der Waals surface area (Å²) in [5.74, 6) is 0. The maximum atomic E-state index is 13.0. The summed E-state index contributed by atoms with van der Waals surface area (Å²) >= 11 is 0. The molecule has 6 rings (SSSR count). The van der Waals surface area contributed by atoms with Gasteiger partial charge in [0.1, 0.15) is 0 Å². The summed E-state index contributed by atoms with van der Waals surface area (Å²) in [4.78, 5) is 17.4. The van der Waals surface area contributed by atoms with Crippen molar-refractivity contribution in [3.8, 4) is 0 Å². The molecule has 46 heavy (non-hydrogen) atoms. The van der Waals surface area contributed by atoms with Crippen LogP contribution in [0.25, 0.3) is 0 Å². The summed E-state index contributed by atoms with van der Waals surface area (Å²) in [6.45, 7) is 8.35. The van der Waals surface area contributed by atoms with E-state index in [-0.39, 0.29) is 6.03 Å². The highest BCUT2D eigenvalue weighted by molar-refractivity contribution is 6.00. The zero-order chi connectivity index (χ0) is 32.0. The lowest BCUT2D eigenvalue weighted by atomic mass is 10.1. The molecule has 0 atom stereocenters. The predicted molar refractivity (Wildman–Crippen MR) is 194 cm³/mol. The van der Waals surface area contributed by atoms with Gasteiger partial charge in [0, 0.05) is 45.5 Å². The van der Waals surface area contributed by atoms with Crippen molar-refractivity contribution < 1.29 is 4.79 Å². The quantitative estimate of drug-likeness (QED) is 0.182. The van der Waals surface area contributed by atoms with Crippen molar-refractivity contribution >= 4 is 51.5 Å². The minimum atomic E-state index is -0.302. The highest BCUT2D eigenvalue weighted by Crippen LogP contribution is 2.36. The Kier molecular flexibility index (Phi) is 8.84. The Bertz CT molecular complexity index is 1660. The summed E-state index contributed by atoms with van der Waals surface area (Å²) in [7, 11) is 0. The van der Waals surface area contributed by atoms with Crippen LogP contribution >= 0.6 is 0 Å². The Morgan fingerprint density at radius 3 is 0.761 bits per heavy atom. The second kappa shape index (κ2) is 13.4. The highest BCUT2D eigenvalue weighted by Gasteiger charge is 2.14. The zero-order valence-corrected chi connectivity index (χ0v) is 26.7. The lowest BCUT2D eigenvalue weighted by molar-refractivity contribution is 0.262. The molecule has 0 unspecified atom stereocenters. The van der Waals surface area contributed by atoms with E-state index in [2.05, 4.69) is 145 Å². The molecule has 0 heterocycles. The third kappa shape index (κ3) is 7.11. The molecule has 0 aromatic heterocycles. The lowest BCUT2D eigenvalue weighted by Crippen LogP contribution is -2.19. The number of rotatable bonds is 8. The lowest BCUT2D eigenvalue weighted by Gasteiger charge is -2.26. The van der Waals surface area contributed by atoms with Crippen LogP contribution in [0.15, 0.2) is 146 Å². The van der Waals surface area contributed by atoms with Crippen LogP contribution in [-0.4, -0.2) is 6.03 Å². The Labute approximate surface area is 271 Å². The molecule has 2 amide bonds. The molecule has 6 aromatic rings. The molecule has 228 valence electrons. The van der Waals surface area contributed by atoms with Gasteiger partial charge in [0.05, 0.1) is 0 Å². The largest absolute Gasteiger partial charge is 0.323 e. The average Bonchev–Trinajstić information content (AvgIpc) is 3.06. The fourth-order valence-electron chi connectivity index (χ4n) is 5.35. The van der Waals surface area contributed by atoms with Gasteiger partial charge in [-0.25, -0.2) is 4.79 Å². The summed E-state index contributed by atoms with van der Waals surface area (Å²) < 4.78 is 0. The van der Waals surface area contributed by atoms with Gasteiger partial charge in [-0.15, -0.1) is 0 Å². The van der Waals surface area contributed by atoms with Gasteiger partial charge in [-0.1, -0.05) is 70.8 Å². The normalized spacial score (nSPS) is 10.7. The van der Waals surface area contributed by atoms with Crippen molar-refractivity contribution in [2.75, 3.05) is 20.4 Å². The van der Waals surface area contributed by atoms with Crippen LogP contribution in [-0.2, 0) is 0 Å². The first kappa shape index (κ1) is 30.2. The summed E-state index contributed by atoms with van der Waals surface area (Å²) in [5, 5.41) is 5.94. The van der Waals surface area contributed by atoms with Crippen molar-refractivity contribution in [1.29, 1.82) is 0 Å². The molecule has 0 aliphatic rings. The Balaban J connectivity index is 1.16. The Morgan fingerprint density at radius 2 is 0.543 bits per heavy atom. The van der Waals surface area contributed by atoms with Gasteiger partial charge in [0.25, 0.3) is 0 Å². The molecule has 5 nitrogen and oxygen atoms in total. The van der Waals surface area contributed by atoms with Gasteiger partial charge in [-0.05, 0) is 125 Å². The third-order valence-corrected chi connectivity index (χ3v) is 7.94. The van der Waals surface area contributed by atoms with Crippen LogP contribution in [0.4, 0.5) is 50.3 Å². The molecule has 0 spiro atoms. The van der Waals surface area contributed by atoms with E-state index in [1.54, 1.807) is 0 Å². The molecule has 0 radical (unpaired) electrons. The number of amides is 2. The minimum absolute atomic E-state index is 0.302. The molecular weight excluding hydrogens is 564 g/mol. The molecular formula is C41H38N4O. The summed E-state index contributed by atoms with van der Waals surface area (Å²) in [6.07, 6.45) is 0. The number of hydrogen-bond donors (Lipinski definition) is 2. The molecule has 0 saturated heterocycles. The van der Waals surface area contributed by atoms with Crippen LogP contribution in [0.5, 0.6) is 0 Å². The van der Waals surface area contributed by atoms with Crippen molar-refractivity contribution in [3.63, 3.8) is 0 Å². The van der Waals surface area contributed by atoms with E-state index in [0.717, 1.165) is 34.1 Å². The van der Waals surface area contributed by atoms with Gasteiger partial charge in [-0.2, -0.15) is 0 Å². The standard InChI is InChI=1S/C41H38N4O/c1-29-5-17-35(18-6-29)44(36-19-7-30(2)8-20-36)39-25-13-33(14-26-39)42-41(46)43-34-15-27-40(28-16-34)45(37-21-9-31(3)10-22-37)38-23-11-32(4)12-24-38/h5-28H,1-4H3,(H2,42,43,46). The summed E-state index contributed by atoms with van der Waals surface area (Å²) in [6, 6.07) is 49.4. The minimum Gasteiger partial charge on any atom is -0.311 e. The predicted octanol–water partition coefficient (Wildman–Crippen LogP) is 11.5. The highest BCUT2D eigenvalue weighted by atomic mass is 16.2. The smallest absolute Gasteiger partial charge is 0.311 e. The number of carbonyl (C=O) groups excluding carboxylic acids is 1. The molecule has 2 N–H and O–H groups in total. The molecule has 0 saturated carbocycles. The number of urea groups is 1. The second-order valence-corrected chi connectivity index (χ2v) is 11.7. The van der Waals surface area contributed by atoms with Crippen LogP contribution in [0.1, 0.15) is 22.3 Å². The van der Waals surface area contributed by atoms with E-state index >= 15 is 0 Å². The van der Waals surface area contributed by atoms with Gasteiger partial charge in [0.15, 0.2) is 0 Å². The Hall–Kier alpha value is -5.81. The third-order valence-electron chi connectivity index (χ3n) is 7.94. The monoisotopic (exact) mass is 602 g/mol. The molecule has 0 fully saturated rings. The topological polar surface area (TPSA) is 47.6 Å². The molecule has 0 bridgehead atoms. The van der Waals surface area contributed by atoms with E-state index in [0.29, 0.717) is 11.4 Å². The van der Waals surface area contributed by atoms with E-state index < -0.39 is 0 Å². The Morgan fingerprint density at radius 1 is 0.348 bits per heavy atom. The van der Waals surface area contributed by atoms with E-state index in [4.69, 9.17) is 0 Å². The van der Waals surface area contributed by atoms with Gasteiger partial charge >= 0.3 is 6.03 Å². The number of nitrogens with one attached hydrogen (secondary N) is 2. The van der Waals surface area contributed by atoms with Crippen LogP contribution in [0.3, 0.4) is 0 Å². The van der Waals surface area contributed by atoms with Gasteiger partial charge < -0.3 is 20.4 Å². The maximum Gasteiger partial charge on any atom is 0.323 e. The van der Waals surface area contributed by atoms with Crippen molar-refractivity contribution in [2.45, 2.75) is 27.7 Å². The van der Waals surface area contributed by atoms with E-state index in [9.17, 15) is 4.79 Å². The van der Waals surface area contributed by atoms with E-state index in [1.807, 2.05) is 48.5 Å². The van der Waals surface area contributed by atoms with Gasteiger partial charge in [-0.3, -0.25) is 0 Å². The number of hydrogen-bond acceptors (Lipinski definition) is 3. The van der Waals surface area contributed by atoms with Crippen molar-refractivity contribution in [2.24, 2.45) is 0 Å². The van der Waals surface area contributed by atoms with Crippen LogP contribution in [0.2, 0.25) is 0 Å². The molecule has 5 heteroatoms. The number of aryl methyl sites for hydroxylation is 4. The second-order valence-electron chi connectivity index (χ2n) is 11.7. The van der Waals surface area contributed by atoms with Crippen molar-refractivity contribution in [3.05, 3.63) is 168 Å². The van der Waals surface area contributed by atoms with Crippen LogP contribution < -0.4 is 20.4 Å². The molecule has 0 aliphatic carbocycles. The first-order chi connectivity index (χ1) is 22.3.